The van der Waals surface area contributed by atoms with Crippen LogP contribution in [-0.2, 0) is 11.2 Å². The fourth-order valence-electron chi connectivity index (χ4n) is 0.905. The van der Waals surface area contributed by atoms with Crippen molar-refractivity contribution < 1.29 is 4.79 Å². The van der Waals surface area contributed by atoms with Gasteiger partial charge in [0.2, 0.25) is 0 Å². The lowest BCUT2D eigenvalue weighted by Crippen LogP contribution is -1.99. The van der Waals surface area contributed by atoms with Crippen molar-refractivity contribution in [3.8, 4) is 0 Å². The van der Waals surface area contributed by atoms with Crippen molar-refractivity contribution in [2.24, 2.45) is 0 Å². The third-order valence-electron chi connectivity index (χ3n) is 1.65. The standard InChI is InChI=1S/C10H12OS/c1-8(2)10(11)6-5-9-4-3-7-12-9/h3-4,7H,1,5-6H2,2H3. The quantitative estimate of drug-likeness (QED) is 0.651. The average Bonchev–Trinajstić information content (AvgIpc) is 2.51. The van der Waals surface area contributed by atoms with Gasteiger partial charge in [0.25, 0.3) is 0 Å². The van der Waals surface area contributed by atoms with E-state index in [1.165, 1.54) is 4.88 Å². The number of ketones is 1. The van der Waals surface area contributed by atoms with E-state index in [1.807, 2.05) is 11.4 Å². The van der Waals surface area contributed by atoms with Gasteiger partial charge >= 0.3 is 0 Å². The highest BCUT2D eigenvalue weighted by Gasteiger charge is 2.02. The predicted octanol–water partition coefficient (Wildman–Crippen LogP) is 2.83. The van der Waals surface area contributed by atoms with Gasteiger partial charge in [-0.25, -0.2) is 0 Å². The molecule has 12 heavy (non-hydrogen) atoms. The zero-order valence-corrected chi connectivity index (χ0v) is 7.99. The summed E-state index contributed by atoms with van der Waals surface area (Å²) < 4.78 is 0. The van der Waals surface area contributed by atoms with Crippen LogP contribution in [-0.4, -0.2) is 5.78 Å². The van der Waals surface area contributed by atoms with Crippen LogP contribution >= 0.6 is 11.3 Å². The Morgan fingerprint density at radius 3 is 2.92 bits per heavy atom. The van der Waals surface area contributed by atoms with Gasteiger partial charge in [-0.05, 0) is 30.4 Å². The molecule has 0 atom stereocenters. The second kappa shape index (κ2) is 4.21. The molecule has 0 saturated heterocycles. The van der Waals surface area contributed by atoms with Crippen molar-refractivity contribution in [3.05, 3.63) is 34.5 Å². The highest BCUT2D eigenvalue weighted by molar-refractivity contribution is 7.09. The van der Waals surface area contributed by atoms with Crippen molar-refractivity contribution in [2.75, 3.05) is 0 Å². The Morgan fingerprint density at radius 2 is 2.42 bits per heavy atom. The first-order valence-electron chi connectivity index (χ1n) is 3.91. The number of carbonyl (C=O) groups is 1. The third kappa shape index (κ3) is 2.62. The molecule has 0 spiro atoms. The molecule has 0 amide bonds. The summed E-state index contributed by atoms with van der Waals surface area (Å²) >= 11 is 1.69. The first-order valence-corrected chi connectivity index (χ1v) is 4.79. The maximum absolute atomic E-state index is 11.1. The van der Waals surface area contributed by atoms with E-state index < -0.39 is 0 Å². The molecule has 0 aliphatic carbocycles. The largest absolute Gasteiger partial charge is 0.295 e. The highest BCUT2D eigenvalue weighted by Crippen LogP contribution is 2.11. The Bertz CT molecular complexity index is 272. The maximum Gasteiger partial charge on any atom is 0.158 e. The molecule has 0 saturated carbocycles. The van der Waals surface area contributed by atoms with Gasteiger partial charge in [0, 0.05) is 11.3 Å². The molecule has 0 aliphatic heterocycles. The Labute approximate surface area is 76.7 Å². The van der Waals surface area contributed by atoms with E-state index in [2.05, 4.69) is 12.6 Å². The maximum atomic E-state index is 11.1. The lowest BCUT2D eigenvalue weighted by Gasteiger charge is -1.96. The Morgan fingerprint density at radius 1 is 1.67 bits per heavy atom. The Kier molecular flexibility index (Phi) is 3.23. The summed E-state index contributed by atoms with van der Waals surface area (Å²) in [5.74, 6) is 0.170. The van der Waals surface area contributed by atoms with Gasteiger partial charge in [-0.1, -0.05) is 12.6 Å². The van der Waals surface area contributed by atoms with Crippen LogP contribution in [0.15, 0.2) is 29.7 Å². The number of carbonyl (C=O) groups excluding carboxylic acids is 1. The van der Waals surface area contributed by atoms with Crippen LogP contribution in [0.4, 0.5) is 0 Å². The van der Waals surface area contributed by atoms with Gasteiger partial charge in [-0.2, -0.15) is 0 Å². The molecule has 0 bridgehead atoms. The Hall–Kier alpha value is -0.890. The summed E-state index contributed by atoms with van der Waals surface area (Å²) in [6.45, 7) is 5.37. The summed E-state index contributed by atoms with van der Waals surface area (Å²) in [5, 5.41) is 2.03. The second-order valence-corrected chi connectivity index (χ2v) is 3.82. The molecule has 0 N–H and O–H groups in total. The smallest absolute Gasteiger partial charge is 0.158 e. The molecule has 0 unspecified atom stereocenters. The van der Waals surface area contributed by atoms with Crippen LogP contribution in [0.3, 0.4) is 0 Å². The fraction of sp³-hybridized carbons (Fsp3) is 0.300. The number of rotatable bonds is 4. The summed E-state index contributed by atoms with van der Waals surface area (Å²) in [5.41, 5.74) is 0.659. The second-order valence-electron chi connectivity index (χ2n) is 2.78. The SMILES string of the molecule is C=C(C)C(=O)CCc1cccs1. The van der Waals surface area contributed by atoms with Gasteiger partial charge < -0.3 is 0 Å². The first-order chi connectivity index (χ1) is 5.70. The number of hydrogen-bond donors (Lipinski definition) is 0. The molecule has 1 heterocycles. The number of thiophene rings is 1. The van der Waals surface area contributed by atoms with Crippen LogP contribution in [0.25, 0.3) is 0 Å². The average molecular weight is 180 g/mol. The van der Waals surface area contributed by atoms with Gasteiger partial charge in [0.15, 0.2) is 5.78 Å². The normalized spacial score (nSPS) is 9.75. The number of aryl methyl sites for hydroxylation is 1. The van der Waals surface area contributed by atoms with Crippen molar-refractivity contribution in [2.45, 2.75) is 19.8 Å². The Balaban J connectivity index is 2.37. The van der Waals surface area contributed by atoms with E-state index in [0.29, 0.717) is 12.0 Å². The van der Waals surface area contributed by atoms with E-state index in [-0.39, 0.29) is 5.78 Å². The molecule has 0 aliphatic rings. The monoisotopic (exact) mass is 180 g/mol. The van der Waals surface area contributed by atoms with Gasteiger partial charge in [0.1, 0.15) is 0 Å². The van der Waals surface area contributed by atoms with Crippen LogP contribution in [0.1, 0.15) is 18.2 Å². The number of hydrogen-bond acceptors (Lipinski definition) is 2. The molecule has 1 nitrogen and oxygen atoms in total. The molecule has 1 rings (SSSR count). The molecule has 64 valence electrons. The predicted molar refractivity (Wildman–Crippen MR) is 52.5 cm³/mol. The van der Waals surface area contributed by atoms with Gasteiger partial charge in [-0.15, -0.1) is 11.3 Å². The van der Waals surface area contributed by atoms with Crippen LogP contribution in [0.5, 0.6) is 0 Å². The van der Waals surface area contributed by atoms with Gasteiger partial charge in [0.05, 0.1) is 0 Å². The van der Waals surface area contributed by atoms with Crippen molar-refractivity contribution in [3.63, 3.8) is 0 Å². The minimum Gasteiger partial charge on any atom is -0.295 e. The van der Waals surface area contributed by atoms with Crippen molar-refractivity contribution in [1.82, 2.24) is 0 Å². The summed E-state index contributed by atoms with van der Waals surface area (Å²) in [6.07, 6.45) is 1.44. The molecule has 2 heteroatoms. The van der Waals surface area contributed by atoms with E-state index >= 15 is 0 Å². The fourth-order valence-corrected chi connectivity index (χ4v) is 1.61. The van der Waals surface area contributed by atoms with E-state index in [9.17, 15) is 4.79 Å². The van der Waals surface area contributed by atoms with Crippen LogP contribution < -0.4 is 0 Å². The number of allylic oxidation sites excluding steroid dienone is 1. The highest BCUT2D eigenvalue weighted by atomic mass is 32.1. The molecular weight excluding hydrogens is 168 g/mol. The third-order valence-corrected chi connectivity index (χ3v) is 2.59. The number of Topliss-reactive ketones (excluding diaryl/α,β-unsaturated/α-hetero) is 1. The zero-order valence-electron chi connectivity index (χ0n) is 7.17. The summed E-state index contributed by atoms with van der Waals surface area (Å²) in [7, 11) is 0. The first kappa shape index (κ1) is 9.20. The molecule has 1 aromatic rings. The van der Waals surface area contributed by atoms with E-state index in [4.69, 9.17) is 0 Å². The lowest BCUT2D eigenvalue weighted by molar-refractivity contribution is -0.115. The summed E-state index contributed by atoms with van der Waals surface area (Å²) in [4.78, 5) is 12.4. The molecular formula is C10H12OS. The van der Waals surface area contributed by atoms with Crippen LogP contribution in [0.2, 0.25) is 0 Å². The topological polar surface area (TPSA) is 17.1 Å². The summed E-state index contributed by atoms with van der Waals surface area (Å²) in [6, 6.07) is 4.06. The molecule has 0 radical (unpaired) electrons. The van der Waals surface area contributed by atoms with E-state index in [0.717, 1.165) is 6.42 Å². The van der Waals surface area contributed by atoms with E-state index in [1.54, 1.807) is 18.3 Å². The molecule has 1 aromatic heterocycles. The minimum absolute atomic E-state index is 0.170. The molecule has 0 aromatic carbocycles. The van der Waals surface area contributed by atoms with Crippen LogP contribution in [0, 0.1) is 0 Å². The van der Waals surface area contributed by atoms with Crippen molar-refractivity contribution in [1.29, 1.82) is 0 Å². The molecule has 0 fully saturated rings. The van der Waals surface area contributed by atoms with Gasteiger partial charge in [-0.3, -0.25) is 4.79 Å². The zero-order chi connectivity index (χ0) is 8.97. The van der Waals surface area contributed by atoms with Crippen molar-refractivity contribution >= 4 is 17.1 Å². The minimum atomic E-state index is 0.170. The lowest BCUT2D eigenvalue weighted by atomic mass is 10.1.